The first-order chi connectivity index (χ1) is 11.5. The molecule has 1 aromatic carbocycles. The Labute approximate surface area is 140 Å². The number of hydrogen-bond acceptors (Lipinski definition) is 6. The summed E-state index contributed by atoms with van der Waals surface area (Å²) in [5, 5.41) is 20.4. The maximum Gasteiger partial charge on any atom is 0.342 e. The first-order valence-electron chi connectivity index (χ1n) is 7.97. The molecule has 0 amide bonds. The van der Waals surface area contributed by atoms with E-state index in [9.17, 15) is 15.2 Å². The molecule has 0 aliphatic carbocycles. The summed E-state index contributed by atoms with van der Waals surface area (Å²) >= 11 is 0. The summed E-state index contributed by atoms with van der Waals surface area (Å²) in [5.74, 6) is 0.995. The van der Waals surface area contributed by atoms with Crippen molar-refractivity contribution in [2.75, 3.05) is 37.6 Å². The van der Waals surface area contributed by atoms with Gasteiger partial charge in [0.15, 0.2) is 5.82 Å². The number of phenols is 1. The second kappa shape index (κ2) is 6.88. The molecule has 0 spiro atoms. The lowest BCUT2D eigenvalue weighted by Gasteiger charge is -2.35. The van der Waals surface area contributed by atoms with Gasteiger partial charge in [0.05, 0.1) is 0 Å². The molecule has 8 heteroatoms. The number of phenolic OH excluding ortho intramolecular Hbond substituents is 1. The first-order valence-corrected chi connectivity index (χ1v) is 7.97. The number of benzene rings is 1. The van der Waals surface area contributed by atoms with Crippen LogP contribution < -0.4 is 4.90 Å². The van der Waals surface area contributed by atoms with Gasteiger partial charge in [-0.3, -0.25) is 4.90 Å². The lowest BCUT2D eigenvalue weighted by atomic mass is 10.2. The Hall–Kier alpha value is -2.61. The molecule has 0 saturated carbocycles. The van der Waals surface area contributed by atoms with Gasteiger partial charge in [-0.2, -0.15) is 0 Å². The third-order valence-corrected chi connectivity index (χ3v) is 4.45. The first kappa shape index (κ1) is 16.3. The number of aryl methyl sites for hydroxylation is 1. The third kappa shape index (κ3) is 3.48. The van der Waals surface area contributed by atoms with Crippen LogP contribution in [-0.2, 0) is 6.54 Å². The van der Waals surface area contributed by atoms with Crippen LogP contribution in [0.3, 0.4) is 0 Å². The van der Waals surface area contributed by atoms with Crippen molar-refractivity contribution in [1.29, 1.82) is 0 Å². The van der Waals surface area contributed by atoms with Crippen LogP contribution in [0.25, 0.3) is 0 Å². The van der Waals surface area contributed by atoms with Gasteiger partial charge < -0.3 is 20.1 Å². The number of piperazine rings is 1. The fraction of sp³-hybridized carbons (Fsp3) is 0.438. The highest BCUT2D eigenvalue weighted by molar-refractivity contribution is 5.49. The topological polar surface area (TPSA) is 87.7 Å². The van der Waals surface area contributed by atoms with Crippen LogP contribution in [0, 0.1) is 17.0 Å². The highest BCUT2D eigenvalue weighted by Gasteiger charge is 2.21. The van der Waals surface area contributed by atoms with Gasteiger partial charge in [0, 0.05) is 45.3 Å². The van der Waals surface area contributed by atoms with Gasteiger partial charge >= 0.3 is 5.82 Å². The highest BCUT2D eigenvalue weighted by atomic mass is 16.6. The van der Waals surface area contributed by atoms with Gasteiger partial charge in [-0.25, -0.2) is 9.55 Å². The number of imidazole rings is 1. The van der Waals surface area contributed by atoms with Gasteiger partial charge in [-0.05, 0) is 29.2 Å². The number of aromatic hydroxyl groups is 1. The summed E-state index contributed by atoms with van der Waals surface area (Å²) in [5.41, 5.74) is 1.11. The van der Waals surface area contributed by atoms with Crippen LogP contribution in [0.5, 0.6) is 5.75 Å². The highest BCUT2D eigenvalue weighted by Crippen LogP contribution is 2.20. The number of hydrogen-bond donors (Lipinski definition) is 1. The second-order valence-corrected chi connectivity index (χ2v) is 5.92. The van der Waals surface area contributed by atoms with Crippen molar-refractivity contribution in [3.05, 3.63) is 46.4 Å². The van der Waals surface area contributed by atoms with E-state index >= 15 is 0 Å². The van der Waals surface area contributed by atoms with E-state index in [1.807, 2.05) is 12.1 Å². The zero-order valence-electron chi connectivity index (χ0n) is 13.6. The normalized spacial score (nSPS) is 15.6. The summed E-state index contributed by atoms with van der Waals surface area (Å²) in [6.45, 7) is 6.73. The van der Waals surface area contributed by atoms with Crippen molar-refractivity contribution >= 4 is 11.5 Å². The fourth-order valence-electron chi connectivity index (χ4n) is 3.01. The standard InChI is InChI=1S/C16H21N5O3/c1-13-17-12-16(21(23)24)20(13)11-8-18-6-9-19(10-7-18)14-2-4-15(22)5-3-14/h2-5,12,22H,6-11H2,1H3. The molecule has 3 rings (SSSR count). The molecular formula is C16H21N5O3. The molecule has 1 saturated heterocycles. The number of anilines is 1. The Morgan fingerprint density at radius 3 is 2.46 bits per heavy atom. The van der Waals surface area contributed by atoms with Gasteiger partial charge in [-0.1, -0.05) is 0 Å². The predicted molar refractivity (Wildman–Crippen MR) is 90.4 cm³/mol. The van der Waals surface area contributed by atoms with E-state index < -0.39 is 0 Å². The largest absolute Gasteiger partial charge is 0.508 e. The molecule has 1 fully saturated rings. The van der Waals surface area contributed by atoms with E-state index in [1.54, 1.807) is 23.6 Å². The van der Waals surface area contributed by atoms with E-state index in [4.69, 9.17) is 0 Å². The Balaban J connectivity index is 1.54. The Morgan fingerprint density at radius 2 is 1.83 bits per heavy atom. The lowest BCUT2D eigenvalue weighted by Crippen LogP contribution is -2.47. The molecule has 1 aliphatic heterocycles. The summed E-state index contributed by atoms with van der Waals surface area (Å²) in [7, 11) is 0. The van der Waals surface area contributed by atoms with E-state index in [1.165, 1.54) is 6.20 Å². The van der Waals surface area contributed by atoms with E-state index in [2.05, 4.69) is 14.8 Å². The zero-order valence-corrected chi connectivity index (χ0v) is 13.6. The van der Waals surface area contributed by atoms with Crippen LogP contribution in [0.15, 0.2) is 30.5 Å². The van der Waals surface area contributed by atoms with Crippen molar-refractivity contribution in [2.45, 2.75) is 13.5 Å². The number of aromatic nitrogens is 2. The van der Waals surface area contributed by atoms with Crippen LogP contribution in [0.4, 0.5) is 11.5 Å². The molecule has 1 N–H and O–H groups in total. The van der Waals surface area contributed by atoms with Gasteiger partial charge in [0.25, 0.3) is 0 Å². The van der Waals surface area contributed by atoms with Crippen molar-refractivity contribution in [3.63, 3.8) is 0 Å². The molecule has 0 radical (unpaired) electrons. The van der Waals surface area contributed by atoms with E-state index in [0.717, 1.165) is 38.4 Å². The minimum Gasteiger partial charge on any atom is -0.508 e. The molecule has 128 valence electrons. The monoisotopic (exact) mass is 331 g/mol. The SMILES string of the molecule is Cc1ncc([N+](=O)[O-])n1CCN1CCN(c2ccc(O)cc2)CC1. The van der Waals surface area contributed by atoms with Crippen molar-refractivity contribution in [3.8, 4) is 5.75 Å². The molecular weight excluding hydrogens is 310 g/mol. The maximum atomic E-state index is 11.0. The number of nitrogens with zero attached hydrogens (tertiary/aromatic N) is 5. The number of rotatable bonds is 5. The summed E-state index contributed by atoms with van der Waals surface area (Å²) in [6, 6.07) is 7.23. The van der Waals surface area contributed by atoms with Crippen LogP contribution in [-0.4, -0.2) is 57.2 Å². The lowest BCUT2D eigenvalue weighted by molar-refractivity contribution is -0.392. The summed E-state index contributed by atoms with van der Waals surface area (Å²) in [6.07, 6.45) is 1.32. The fourth-order valence-corrected chi connectivity index (χ4v) is 3.01. The molecule has 0 bridgehead atoms. The second-order valence-electron chi connectivity index (χ2n) is 5.92. The molecule has 24 heavy (non-hydrogen) atoms. The molecule has 1 aromatic heterocycles. The van der Waals surface area contributed by atoms with Crippen LogP contribution in [0.2, 0.25) is 0 Å². The third-order valence-electron chi connectivity index (χ3n) is 4.45. The zero-order chi connectivity index (χ0) is 17.1. The van der Waals surface area contributed by atoms with Gasteiger partial charge in [0.2, 0.25) is 0 Å². The van der Waals surface area contributed by atoms with Crippen molar-refractivity contribution in [1.82, 2.24) is 14.5 Å². The van der Waals surface area contributed by atoms with Crippen LogP contribution >= 0.6 is 0 Å². The van der Waals surface area contributed by atoms with E-state index in [0.29, 0.717) is 12.4 Å². The molecule has 2 aromatic rings. The Morgan fingerprint density at radius 1 is 1.17 bits per heavy atom. The van der Waals surface area contributed by atoms with Crippen LogP contribution in [0.1, 0.15) is 5.82 Å². The van der Waals surface area contributed by atoms with Crippen molar-refractivity contribution in [2.24, 2.45) is 0 Å². The van der Waals surface area contributed by atoms with E-state index in [-0.39, 0.29) is 16.5 Å². The van der Waals surface area contributed by atoms with Gasteiger partial charge in [-0.15, -0.1) is 0 Å². The Bertz CT molecular complexity index is 705. The summed E-state index contributed by atoms with van der Waals surface area (Å²) in [4.78, 5) is 19.2. The Kier molecular flexibility index (Phi) is 4.66. The maximum absolute atomic E-state index is 11.0. The minimum atomic E-state index is -0.386. The molecule has 1 aliphatic rings. The predicted octanol–water partition coefficient (Wildman–Crippen LogP) is 1.63. The molecule has 0 unspecified atom stereocenters. The number of nitro groups is 1. The van der Waals surface area contributed by atoms with Crippen molar-refractivity contribution < 1.29 is 10.0 Å². The molecule has 0 atom stereocenters. The smallest absolute Gasteiger partial charge is 0.342 e. The molecule has 8 nitrogen and oxygen atoms in total. The minimum absolute atomic E-state index is 0.0511. The average Bonchev–Trinajstić information content (AvgIpc) is 2.95. The van der Waals surface area contributed by atoms with Gasteiger partial charge in [0.1, 0.15) is 18.5 Å². The summed E-state index contributed by atoms with van der Waals surface area (Å²) < 4.78 is 1.66. The molecule has 2 heterocycles. The average molecular weight is 331 g/mol. The quantitative estimate of drug-likeness (QED) is 0.662.